The molecule has 0 spiro atoms. The van der Waals surface area contributed by atoms with Crippen LogP contribution in [0.15, 0.2) is 0 Å². The summed E-state index contributed by atoms with van der Waals surface area (Å²) in [7, 11) is 0. The SMILES string of the molecule is CC(=O)C(=O)[C@H](CC1CCC1)NC(=O)[C@@H]1[C@@H]2[C@H](CN1C(=O)[C@@H](NC(=O)NC13CC4CC(CC(C4)C1)C3)C(C)(C)C)C2(C)C. The first kappa shape index (κ1) is 30.6. The average molecular weight is 597 g/mol. The minimum absolute atomic E-state index is 0.0327. The quantitative estimate of drug-likeness (QED) is 0.347. The first-order valence-electron chi connectivity index (χ1n) is 16.8. The molecule has 6 aliphatic carbocycles. The Morgan fingerprint density at radius 1 is 0.907 bits per heavy atom. The molecular weight excluding hydrogens is 544 g/mol. The monoisotopic (exact) mass is 596 g/mol. The molecule has 5 atom stereocenters. The lowest BCUT2D eigenvalue weighted by atomic mass is 9.53. The Labute approximate surface area is 256 Å². The lowest BCUT2D eigenvalue weighted by Gasteiger charge is -2.56. The molecule has 4 bridgehead atoms. The van der Waals surface area contributed by atoms with E-state index in [-0.39, 0.29) is 40.6 Å². The number of fused-ring (bicyclic) bond motifs is 1. The molecule has 7 fully saturated rings. The van der Waals surface area contributed by atoms with Crippen molar-refractivity contribution in [3.63, 3.8) is 0 Å². The molecule has 9 heteroatoms. The van der Waals surface area contributed by atoms with Crippen LogP contribution in [0.5, 0.6) is 0 Å². The molecule has 4 amide bonds. The van der Waals surface area contributed by atoms with Gasteiger partial charge in [-0.1, -0.05) is 53.9 Å². The van der Waals surface area contributed by atoms with Crippen molar-refractivity contribution in [1.29, 1.82) is 0 Å². The fourth-order valence-electron chi connectivity index (χ4n) is 10.1. The van der Waals surface area contributed by atoms with Gasteiger partial charge in [-0.15, -0.1) is 0 Å². The molecule has 6 saturated carbocycles. The topological polar surface area (TPSA) is 125 Å². The molecule has 1 aliphatic heterocycles. The summed E-state index contributed by atoms with van der Waals surface area (Å²) in [4.78, 5) is 68.4. The third-order valence-corrected chi connectivity index (χ3v) is 12.3. The minimum atomic E-state index is -0.865. The second-order valence-corrected chi connectivity index (χ2v) is 17.0. The highest BCUT2D eigenvalue weighted by molar-refractivity contribution is 6.38. The number of piperidine rings is 1. The summed E-state index contributed by atoms with van der Waals surface area (Å²) in [6.07, 6.45) is 10.4. The maximum Gasteiger partial charge on any atom is 0.315 e. The molecular formula is C34H52N4O5. The predicted octanol–water partition coefficient (Wildman–Crippen LogP) is 3.99. The second-order valence-electron chi connectivity index (χ2n) is 17.0. The Hall–Kier alpha value is -2.45. The van der Waals surface area contributed by atoms with E-state index in [4.69, 9.17) is 0 Å². The van der Waals surface area contributed by atoms with Crippen LogP contribution >= 0.6 is 0 Å². The van der Waals surface area contributed by atoms with Gasteiger partial charge >= 0.3 is 6.03 Å². The number of nitrogens with one attached hydrogen (secondary N) is 3. The minimum Gasteiger partial charge on any atom is -0.344 e. The van der Waals surface area contributed by atoms with Crippen LogP contribution in [0.3, 0.4) is 0 Å². The van der Waals surface area contributed by atoms with Crippen LogP contribution in [0, 0.1) is 46.3 Å². The largest absolute Gasteiger partial charge is 0.344 e. The van der Waals surface area contributed by atoms with Gasteiger partial charge in [0, 0.05) is 19.0 Å². The van der Waals surface area contributed by atoms with Gasteiger partial charge in [0.05, 0.1) is 6.04 Å². The van der Waals surface area contributed by atoms with Crippen molar-refractivity contribution in [3.8, 4) is 0 Å². The van der Waals surface area contributed by atoms with Crippen LogP contribution in [-0.4, -0.2) is 64.5 Å². The van der Waals surface area contributed by atoms with E-state index in [1.54, 1.807) is 4.90 Å². The summed E-state index contributed by atoms with van der Waals surface area (Å²) < 4.78 is 0. The fourth-order valence-corrected chi connectivity index (χ4v) is 10.1. The van der Waals surface area contributed by atoms with Gasteiger partial charge in [0.25, 0.3) is 0 Å². The summed E-state index contributed by atoms with van der Waals surface area (Å²) in [5, 5.41) is 9.33. The Kier molecular flexibility index (Phi) is 7.52. The lowest BCUT2D eigenvalue weighted by Crippen LogP contribution is -2.65. The zero-order valence-corrected chi connectivity index (χ0v) is 27.0. The normalized spacial score (nSPS) is 36.7. The highest BCUT2D eigenvalue weighted by Crippen LogP contribution is 2.65. The number of likely N-dealkylation sites (tertiary alicyclic amines) is 1. The van der Waals surface area contributed by atoms with Gasteiger partial charge in [-0.05, 0) is 91.3 Å². The molecule has 1 saturated heterocycles. The van der Waals surface area contributed by atoms with E-state index in [9.17, 15) is 24.0 Å². The molecule has 0 unspecified atom stereocenters. The summed E-state index contributed by atoms with van der Waals surface area (Å²) in [6.45, 7) is 11.8. The van der Waals surface area contributed by atoms with Gasteiger partial charge in [0.2, 0.25) is 17.6 Å². The Morgan fingerprint density at radius 3 is 1.98 bits per heavy atom. The number of hydrogen-bond donors (Lipinski definition) is 3. The summed E-state index contributed by atoms with van der Waals surface area (Å²) >= 11 is 0. The molecule has 1 heterocycles. The second kappa shape index (κ2) is 10.6. The van der Waals surface area contributed by atoms with E-state index >= 15 is 0 Å². The standard InChI is InChI=1S/C34H52N4O5/c1-18(39)27(40)24(13-19-8-7-9-19)35-29(41)26-25-23(33(25,5)6)17-38(26)30(42)28(32(2,3)4)36-31(43)37-34-14-20-10-21(15-34)12-22(11-20)16-34/h19-26,28H,7-17H2,1-6H3,(H,35,41)(H2,36,37,43)/t20?,21?,22?,23-,24-,25-,26-,28+,34?/m0/s1. The molecule has 0 aromatic heterocycles. The van der Waals surface area contributed by atoms with Crippen molar-refractivity contribution >= 4 is 29.4 Å². The third-order valence-electron chi connectivity index (χ3n) is 12.3. The zero-order chi connectivity index (χ0) is 31.1. The molecule has 0 aromatic carbocycles. The van der Waals surface area contributed by atoms with E-state index < -0.39 is 35.1 Å². The maximum absolute atomic E-state index is 14.3. The van der Waals surface area contributed by atoms with Gasteiger partial charge < -0.3 is 20.9 Å². The number of ketones is 2. The first-order chi connectivity index (χ1) is 20.1. The van der Waals surface area contributed by atoms with Crippen LogP contribution in [0.4, 0.5) is 4.79 Å². The van der Waals surface area contributed by atoms with Crippen molar-refractivity contribution in [3.05, 3.63) is 0 Å². The zero-order valence-electron chi connectivity index (χ0n) is 27.0. The van der Waals surface area contributed by atoms with Crippen molar-refractivity contribution in [2.75, 3.05) is 6.54 Å². The number of hydrogen-bond acceptors (Lipinski definition) is 5. The number of nitrogens with zero attached hydrogens (tertiary/aromatic N) is 1. The number of amides is 4. The van der Waals surface area contributed by atoms with Crippen LogP contribution in [0.1, 0.15) is 106 Å². The molecule has 3 N–H and O–H groups in total. The van der Waals surface area contributed by atoms with Gasteiger partial charge in [-0.3, -0.25) is 19.2 Å². The summed E-state index contributed by atoms with van der Waals surface area (Å²) in [5.41, 5.74) is -0.866. The van der Waals surface area contributed by atoms with Gasteiger partial charge in [-0.25, -0.2) is 4.79 Å². The van der Waals surface area contributed by atoms with Crippen LogP contribution < -0.4 is 16.0 Å². The highest BCUT2D eigenvalue weighted by atomic mass is 16.2. The number of urea groups is 1. The molecule has 7 rings (SSSR count). The number of rotatable bonds is 9. The van der Waals surface area contributed by atoms with Crippen molar-refractivity contribution in [2.45, 2.75) is 129 Å². The summed E-state index contributed by atoms with van der Waals surface area (Å²) in [6, 6.07) is -2.72. The van der Waals surface area contributed by atoms with E-state index in [1.807, 2.05) is 20.8 Å². The highest BCUT2D eigenvalue weighted by Gasteiger charge is 2.70. The first-order valence-corrected chi connectivity index (χ1v) is 16.8. The average Bonchev–Trinajstić information content (AvgIpc) is 3.18. The Balaban J connectivity index is 1.18. The van der Waals surface area contributed by atoms with E-state index in [2.05, 4.69) is 29.8 Å². The van der Waals surface area contributed by atoms with Gasteiger partial charge in [-0.2, -0.15) is 0 Å². The lowest BCUT2D eigenvalue weighted by molar-refractivity contribution is -0.145. The van der Waals surface area contributed by atoms with Gasteiger partial charge in [0.15, 0.2) is 5.78 Å². The number of Topliss-reactive ketones (excluding diaryl/α,β-unsaturated/α-hetero) is 2. The van der Waals surface area contributed by atoms with Crippen molar-refractivity contribution < 1.29 is 24.0 Å². The van der Waals surface area contributed by atoms with E-state index in [0.717, 1.165) is 38.5 Å². The molecule has 238 valence electrons. The van der Waals surface area contributed by atoms with E-state index in [0.29, 0.717) is 36.6 Å². The fraction of sp³-hybridized carbons (Fsp3) is 0.853. The third kappa shape index (κ3) is 5.63. The van der Waals surface area contributed by atoms with Crippen LogP contribution in [-0.2, 0) is 19.2 Å². The Bertz CT molecular complexity index is 1160. The summed E-state index contributed by atoms with van der Waals surface area (Å²) in [5.74, 6) is 0.768. The van der Waals surface area contributed by atoms with E-state index in [1.165, 1.54) is 26.2 Å². The van der Waals surface area contributed by atoms with Crippen molar-refractivity contribution in [2.24, 2.45) is 46.3 Å². The molecule has 9 nitrogen and oxygen atoms in total. The van der Waals surface area contributed by atoms with Crippen LogP contribution in [0.25, 0.3) is 0 Å². The smallest absolute Gasteiger partial charge is 0.315 e. The Morgan fingerprint density at radius 2 is 1.49 bits per heavy atom. The number of carbonyl (C=O) groups is 5. The maximum atomic E-state index is 14.3. The molecule has 7 aliphatic rings. The predicted molar refractivity (Wildman–Crippen MR) is 162 cm³/mol. The molecule has 0 aromatic rings. The van der Waals surface area contributed by atoms with Crippen LogP contribution in [0.2, 0.25) is 0 Å². The molecule has 0 radical (unpaired) electrons. The number of carbonyl (C=O) groups excluding carboxylic acids is 5. The van der Waals surface area contributed by atoms with Crippen molar-refractivity contribution in [1.82, 2.24) is 20.9 Å². The molecule has 43 heavy (non-hydrogen) atoms. The van der Waals surface area contributed by atoms with Gasteiger partial charge in [0.1, 0.15) is 12.1 Å².